The maximum absolute atomic E-state index is 11.9. The summed E-state index contributed by atoms with van der Waals surface area (Å²) >= 11 is 0. The minimum Gasteiger partial charge on any atom is -0.472 e. The van der Waals surface area contributed by atoms with Gasteiger partial charge in [-0.3, -0.25) is 9.69 Å². The Bertz CT molecular complexity index is 457. The number of likely N-dealkylation sites (tertiary alicyclic amines) is 1. The molecule has 19 heavy (non-hydrogen) atoms. The predicted octanol–water partition coefficient (Wildman–Crippen LogP) is 0.877. The summed E-state index contributed by atoms with van der Waals surface area (Å²) in [6, 6.07) is 2.11. The van der Waals surface area contributed by atoms with Crippen LogP contribution in [-0.2, 0) is 16.1 Å². The second-order valence-electron chi connectivity index (χ2n) is 5.08. The molecule has 2 saturated heterocycles. The van der Waals surface area contributed by atoms with Crippen molar-refractivity contribution in [2.24, 2.45) is 0 Å². The van der Waals surface area contributed by atoms with Crippen molar-refractivity contribution in [3.05, 3.63) is 36.8 Å². The van der Waals surface area contributed by atoms with Crippen LogP contribution in [0.4, 0.5) is 0 Å². The summed E-state index contributed by atoms with van der Waals surface area (Å²) in [6.45, 7) is 7.05. The number of rotatable bonds is 4. The zero-order chi connectivity index (χ0) is 13.2. The quantitative estimate of drug-likeness (QED) is 0.756. The van der Waals surface area contributed by atoms with Crippen LogP contribution >= 0.6 is 0 Å². The van der Waals surface area contributed by atoms with E-state index in [-0.39, 0.29) is 24.7 Å². The molecule has 0 aromatic carbocycles. The number of amides is 1. The Morgan fingerprint density at radius 3 is 3.11 bits per heavy atom. The van der Waals surface area contributed by atoms with Crippen molar-refractivity contribution in [1.82, 2.24) is 9.80 Å². The first kappa shape index (κ1) is 12.4. The van der Waals surface area contributed by atoms with Gasteiger partial charge in [-0.05, 0) is 6.07 Å². The van der Waals surface area contributed by atoms with Crippen molar-refractivity contribution >= 4 is 5.91 Å². The van der Waals surface area contributed by atoms with Crippen molar-refractivity contribution in [3.63, 3.8) is 0 Å². The van der Waals surface area contributed by atoms with E-state index >= 15 is 0 Å². The van der Waals surface area contributed by atoms with Gasteiger partial charge in [0.2, 0.25) is 5.91 Å². The number of fused-ring (bicyclic) bond motifs is 1. The molecule has 0 spiro atoms. The van der Waals surface area contributed by atoms with E-state index in [4.69, 9.17) is 9.15 Å². The van der Waals surface area contributed by atoms with Gasteiger partial charge in [-0.2, -0.15) is 0 Å². The lowest BCUT2D eigenvalue weighted by Gasteiger charge is -2.36. The number of morpholine rings is 1. The standard InChI is InChI=1S/C14H18N2O3/c1-2-4-16-12-7-15(6-11-3-5-18-9-11)8-13(12)19-10-14(16)17/h2-3,5,9,12-13H,1,4,6-8,10H2/t12-,13+/m1/s1. The molecule has 5 nitrogen and oxygen atoms in total. The summed E-state index contributed by atoms with van der Waals surface area (Å²) < 4.78 is 10.7. The minimum atomic E-state index is 0.0614. The minimum absolute atomic E-state index is 0.0614. The monoisotopic (exact) mass is 262 g/mol. The number of hydrogen-bond acceptors (Lipinski definition) is 4. The van der Waals surface area contributed by atoms with Gasteiger partial charge in [0, 0.05) is 31.7 Å². The average molecular weight is 262 g/mol. The molecule has 2 fully saturated rings. The van der Waals surface area contributed by atoms with Gasteiger partial charge in [-0.1, -0.05) is 6.08 Å². The number of furan rings is 1. The van der Waals surface area contributed by atoms with E-state index in [1.165, 1.54) is 0 Å². The van der Waals surface area contributed by atoms with Gasteiger partial charge in [0.05, 0.1) is 24.7 Å². The third kappa shape index (κ3) is 2.43. The highest BCUT2D eigenvalue weighted by Gasteiger charge is 2.42. The van der Waals surface area contributed by atoms with Gasteiger partial charge in [-0.15, -0.1) is 6.58 Å². The van der Waals surface area contributed by atoms with E-state index in [0.717, 1.165) is 25.2 Å². The predicted molar refractivity (Wildman–Crippen MR) is 69.4 cm³/mol. The second kappa shape index (κ2) is 5.19. The maximum atomic E-state index is 11.9. The van der Waals surface area contributed by atoms with Crippen molar-refractivity contribution in [3.8, 4) is 0 Å². The normalized spacial score (nSPS) is 27.6. The first-order valence-corrected chi connectivity index (χ1v) is 6.53. The van der Waals surface area contributed by atoms with Gasteiger partial charge in [0.1, 0.15) is 6.61 Å². The molecule has 2 aliphatic rings. The fourth-order valence-corrected chi connectivity index (χ4v) is 2.89. The van der Waals surface area contributed by atoms with Crippen LogP contribution in [0, 0.1) is 0 Å². The third-order valence-electron chi connectivity index (χ3n) is 3.77. The number of hydrogen-bond donors (Lipinski definition) is 0. The van der Waals surface area contributed by atoms with Gasteiger partial charge in [0.15, 0.2) is 0 Å². The molecule has 1 amide bonds. The summed E-state index contributed by atoms with van der Waals surface area (Å²) in [5.41, 5.74) is 1.15. The summed E-state index contributed by atoms with van der Waals surface area (Å²) in [5, 5.41) is 0. The molecule has 102 valence electrons. The molecule has 3 heterocycles. The zero-order valence-corrected chi connectivity index (χ0v) is 10.8. The highest BCUT2D eigenvalue weighted by molar-refractivity contribution is 5.78. The SMILES string of the molecule is C=CCN1C(=O)CO[C@H]2CN(Cc3ccoc3)C[C@H]21. The summed E-state index contributed by atoms with van der Waals surface area (Å²) in [6.07, 6.45) is 5.33. The van der Waals surface area contributed by atoms with Crippen molar-refractivity contribution in [2.45, 2.75) is 18.7 Å². The number of carbonyl (C=O) groups is 1. The Balaban J connectivity index is 1.68. The molecule has 1 aromatic rings. The van der Waals surface area contributed by atoms with Crippen molar-refractivity contribution in [1.29, 1.82) is 0 Å². The van der Waals surface area contributed by atoms with E-state index in [9.17, 15) is 4.79 Å². The van der Waals surface area contributed by atoms with Gasteiger partial charge >= 0.3 is 0 Å². The Morgan fingerprint density at radius 2 is 2.37 bits per heavy atom. The van der Waals surface area contributed by atoms with E-state index in [1.54, 1.807) is 18.6 Å². The van der Waals surface area contributed by atoms with E-state index in [1.807, 2.05) is 11.0 Å². The molecule has 3 rings (SSSR count). The first-order valence-electron chi connectivity index (χ1n) is 6.53. The van der Waals surface area contributed by atoms with E-state index in [2.05, 4.69) is 11.5 Å². The van der Waals surface area contributed by atoms with Crippen LogP contribution in [0.1, 0.15) is 5.56 Å². The number of nitrogens with zero attached hydrogens (tertiary/aromatic N) is 2. The zero-order valence-electron chi connectivity index (χ0n) is 10.8. The van der Waals surface area contributed by atoms with Crippen LogP contribution in [0.15, 0.2) is 35.7 Å². The Kier molecular flexibility index (Phi) is 3.40. The lowest BCUT2D eigenvalue weighted by molar-refractivity contribution is -0.151. The molecule has 0 unspecified atom stereocenters. The van der Waals surface area contributed by atoms with Gasteiger partial charge in [-0.25, -0.2) is 0 Å². The Labute approximate surface area is 112 Å². The summed E-state index contributed by atoms with van der Waals surface area (Å²) in [7, 11) is 0. The molecular weight excluding hydrogens is 244 g/mol. The van der Waals surface area contributed by atoms with E-state index in [0.29, 0.717) is 6.54 Å². The number of ether oxygens (including phenoxy) is 1. The molecule has 5 heteroatoms. The molecule has 2 aliphatic heterocycles. The topological polar surface area (TPSA) is 45.9 Å². The van der Waals surface area contributed by atoms with Crippen molar-refractivity contribution in [2.75, 3.05) is 26.2 Å². The fraction of sp³-hybridized carbons (Fsp3) is 0.500. The molecule has 0 radical (unpaired) electrons. The molecule has 0 aliphatic carbocycles. The lowest BCUT2D eigenvalue weighted by atomic mass is 10.1. The Hall–Kier alpha value is -1.59. The lowest BCUT2D eigenvalue weighted by Crippen LogP contribution is -2.53. The number of carbonyl (C=O) groups excluding carboxylic acids is 1. The van der Waals surface area contributed by atoms with Crippen LogP contribution in [0.5, 0.6) is 0 Å². The highest BCUT2D eigenvalue weighted by atomic mass is 16.5. The van der Waals surface area contributed by atoms with E-state index < -0.39 is 0 Å². The van der Waals surface area contributed by atoms with Crippen LogP contribution < -0.4 is 0 Å². The Morgan fingerprint density at radius 1 is 1.47 bits per heavy atom. The summed E-state index contributed by atoms with van der Waals surface area (Å²) in [4.78, 5) is 16.1. The van der Waals surface area contributed by atoms with Crippen LogP contribution in [0.3, 0.4) is 0 Å². The molecule has 0 saturated carbocycles. The highest BCUT2D eigenvalue weighted by Crippen LogP contribution is 2.24. The van der Waals surface area contributed by atoms with Gasteiger partial charge in [0.25, 0.3) is 0 Å². The molecule has 2 atom stereocenters. The molecule has 0 bridgehead atoms. The fourth-order valence-electron chi connectivity index (χ4n) is 2.89. The van der Waals surface area contributed by atoms with Crippen molar-refractivity contribution < 1.29 is 13.9 Å². The maximum Gasteiger partial charge on any atom is 0.249 e. The average Bonchev–Trinajstić information content (AvgIpc) is 3.02. The van der Waals surface area contributed by atoms with Gasteiger partial charge < -0.3 is 14.1 Å². The van der Waals surface area contributed by atoms with Crippen LogP contribution in [0.2, 0.25) is 0 Å². The second-order valence-corrected chi connectivity index (χ2v) is 5.08. The molecular formula is C14H18N2O3. The third-order valence-corrected chi connectivity index (χ3v) is 3.77. The van der Waals surface area contributed by atoms with Crippen LogP contribution in [0.25, 0.3) is 0 Å². The first-order chi connectivity index (χ1) is 9.28. The molecule has 1 aromatic heterocycles. The smallest absolute Gasteiger partial charge is 0.249 e. The summed E-state index contributed by atoms with van der Waals surface area (Å²) in [5.74, 6) is 0.0614. The van der Waals surface area contributed by atoms with Crippen LogP contribution in [-0.4, -0.2) is 54.1 Å². The molecule has 0 N–H and O–H groups in total. The largest absolute Gasteiger partial charge is 0.472 e.